The quantitative estimate of drug-likeness (QED) is 0.331. The molecule has 7 heteroatoms. The van der Waals surface area contributed by atoms with Crippen molar-refractivity contribution in [3.05, 3.63) is 54.1 Å². The van der Waals surface area contributed by atoms with Crippen molar-refractivity contribution in [1.29, 1.82) is 0 Å². The van der Waals surface area contributed by atoms with Crippen molar-refractivity contribution >= 4 is 29.2 Å². The maximum Gasteiger partial charge on any atom is 0.331 e. The Hall–Kier alpha value is -2.64. The van der Waals surface area contributed by atoms with Crippen LogP contribution in [-0.2, 0) is 9.63 Å². The lowest BCUT2D eigenvalue weighted by molar-refractivity contribution is -0.140. The van der Waals surface area contributed by atoms with Gasteiger partial charge in [0.05, 0.1) is 11.5 Å². The number of carbonyl (C=O) groups excluding carboxylic acids is 2. The molecule has 0 bridgehead atoms. The molecule has 136 valence electrons. The molecule has 26 heavy (non-hydrogen) atoms. The molecule has 0 aliphatic heterocycles. The van der Waals surface area contributed by atoms with Crippen LogP contribution >= 0.6 is 11.8 Å². The third-order valence-electron chi connectivity index (χ3n) is 3.18. The molecule has 2 rings (SSSR count). The fourth-order valence-corrected chi connectivity index (χ4v) is 2.89. The molecular formula is C19H19NO5S. The Balaban J connectivity index is 2.09. The zero-order valence-corrected chi connectivity index (χ0v) is 15.3. The Morgan fingerprint density at radius 2 is 1.77 bits per heavy atom. The minimum atomic E-state index is -0.578. The number of rotatable bonds is 8. The molecule has 0 radical (unpaired) electrons. The molecule has 0 aliphatic carbocycles. The van der Waals surface area contributed by atoms with E-state index in [1.165, 1.54) is 25.6 Å². The second-order valence-corrected chi connectivity index (χ2v) is 6.35. The minimum Gasteiger partial charge on any atom is -0.490 e. The van der Waals surface area contributed by atoms with Gasteiger partial charge >= 0.3 is 5.97 Å². The van der Waals surface area contributed by atoms with Gasteiger partial charge in [-0.15, -0.1) is 0 Å². The lowest BCUT2D eigenvalue weighted by atomic mass is 10.1. The molecule has 0 amide bonds. The molecule has 0 saturated carbocycles. The Morgan fingerprint density at radius 3 is 2.42 bits per heavy atom. The van der Waals surface area contributed by atoms with E-state index in [-0.39, 0.29) is 24.7 Å². The largest absolute Gasteiger partial charge is 0.490 e. The average Bonchev–Trinajstić information content (AvgIpc) is 2.65. The fraction of sp³-hybridized carbons (Fsp3) is 0.211. The Bertz CT molecular complexity index is 802. The first-order valence-electron chi connectivity index (χ1n) is 7.88. The number of para-hydroxylation sites is 1. The highest BCUT2D eigenvalue weighted by Gasteiger charge is 2.12. The first-order valence-corrected chi connectivity index (χ1v) is 8.70. The first-order chi connectivity index (χ1) is 12.5. The van der Waals surface area contributed by atoms with Crippen LogP contribution in [0.2, 0.25) is 0 Å². The molecule has 0 atom stereocenters. The van der Waals surface area contributed by atoms with Crippen molar-refractivity contribution in [3.8, 4) is 5.75 Å². The van der Waals surface area contributed by atoms with Gasteiger partial charge < -0.3 is 14.7 Å². The third-order valence-corrected chi connectivity index (χ3v) is 4.25. The summed E-state index contributed by atoms with van der Waals surface area (Å²) in [7, 11) is 0. The number of ether oxygens (including phenoxy) is 1. The number of aliphatic hydroxyl groups excluding tert-OH is 1. The van der Waals surface area contributed by atoms with Gasteiger partial charge in [0.25, 0.3) is 0 Å². The van der Waals surface area contributed by atoms with Crippen LogP contribution in [0.1, 0.15) is 24.2 Å². The van der Waals surface area contributed by atoms with Gasteiger partial charge in [0.15, 0.2) is 0 Å². The monoisotopic (exact) mass is 373 g/mol. The zero-order valence-electron chi connectivity index (χ0n) is 14.5. The summed E-state index contributed by atoms with van der Waals surface area (Å²) in [5.74, 6) is -0.198. The molecule has 0 heterocycles. The van der Waals surface area contributed by atoms with Crippen molar-refractivity contribution in [2.45, 2.75) is 23.6 Å². The maximum absolute atomic E-state index is 12.2. The van der Waals surface area contributed by atoms with Crippen molar-refractivity contribution in [2.75, 3.05) is 13.2 Å². The van der Waals surface area contributed by atoms with Crippen LogP contribution in [0.5, 0.6) is 5.75 Å². The van der Waals surface area contributed by atoms with E-state index in [1.54, 1.807) is 12.1 Å². The molecule has 0 spiro atoms. The van der Waals surface area contributed by atoms with Crippen LogP contribution in [0.25, 0.3) is 0 Å². The fourth-order valence-electron chi connectivity index (χ4n) is 1.99. The molecule has 2 aromatic rings. The van der Waals surface area contributed by atoms with Gasteiger partial charge in [0, 0.05) is 17.4 Å². The molecule has 0 fully saturated rings. The lowest BCUT2D eigenvalue weighted by Gasteiger charge is -2.10. The molecule has 0 unspecified atom stereocenters. The van der Waals surface area contributed by atoms with Gasteiger partial charge in [-0.25, -0.2) is 4.79 Å². The SMILES string of the molecule is CC(=O)O/N=C(\C)C(=O)c1ccc(Sc2ccccc2OCCO)cc1. The summed E-state index contributed by atoms with van der Waals surface area (Å²) in [6.07, 6.45) is 0. The number of oxime groups is 1. The van der Waals surface area contributed by atoms with E-state index in [0.29, 0.717) is 11.3 Å². The van der Waals surface area contributed by atoms with Crippen LogP contribution in [0.4, 0.5) is 0 Å². The van der Waals surface area contributed by atoms with E-state index in [0.717, 1.165) is 9.79 Å². The summed E-state index contributed by atoms with van der Waals surface area (Å²) in [6, 6.07) is 14.5. The molecular weight excluding hydrogens is 354 g/mol. The molecule has 0 aromatic heterocycles. The van der Waals surface area contributed by atoms with Crippen molar-refractivity contribution in [2.24, 2.45) is 5.16 Å². The average molecular weight is 373 g/mol. The normalized spacial score (nSPS) is 11.1. The highest BCUT2D eigenvalue weighted by Crippen LogP contribution is 2.34. The summed E-state index contributed by atoms with van der Waals surface area (Å²) < 4.78 is 5.52. The second kappa shape index (κ2) is 9.74. The van der Waals surface area contributed by atoms with Gasteiger partial charge in [0.2, 0.25) is 5.78 Å². The van der Waals surface area contributed by atoms with Gasteiger partial charge in [0.1, 0.15) is 18.1 Å². The van der Waals surface area contributed by atoms with Crippen molar-refractivity contribution < 1.29 is 24.3 Å². The maximum atomic E-state index is 12.2. The third kappa shape index (κ3) is 5.72. The molecule has 6 nitrogen and oxygen atoms in total. The smallest absolute Gasteiger partial charge is 0.331 e. The number of hydrogen-bond donors (Lipinski definition) is 1. The van der Waals surface area contributed by atoms with Crippen LogP contribution < -0.4 is 4.74 Å². The van der Waals surface area contributed by atoms with Gasteiger partial charge in [-0.2, -0.15) is 0 Å². The van der Waals surface area contributed by atoms with E-state index >= 15 is 0 Å². The van der Waals surface area contributed by atoms with E-state index in [9.17, 15) is 9.59 Å². The highest BCUT2D eigenvalue weighted by atomic mass is 32.2. The predicted octanol–water partition coefficient (Wildman–Crippen LogP) is 3.33. The van der Waals surface area contributed by atoms with Crippen LogP contribution in [0.3, 0.4) is 0 Å². The number of hydrogen-bond acceptors (Lipinski definition) is 7. The summed E-state index contributed by atoms with van der Waals surface area (Å²) >= 11 is 1.49. The predicted molar refractivity (Wildman–Crippen MR) is 98.8 cm³/mol. The highest BCUT2D eigenvalue weighted by molar-refractivity contribution is 7.99. The van der Waals surface area contributed by atoms with Crippen molar-refractivity contribution in [3.63, 3.8) is 0 Å². The molecule has 2 aromatic carbocycles. The molecule has 1 N–H and O–H groups in total. The molecule has 0 aliphatic rings. The van der Waals surface area contributed by atoms with Crippen LogP contribution in [0, 0.1) is 0 Å². The number of ketones is 1. The summed E-state index contributed by atoms with van der Waals surface area (Å²) in [5, 5.41) is 12.4. The lowest BCUT2D eigenvalue weighted by Crippen LogP contribution is -2.11. The standard InChI is InChI=1S/C19H19NO5S/c1-13(20-25-14(2)22)19(23)15-7-9-16(10-8-15)26-18-6-4-3-5-17(18)24-12-11-21/h3-10,21H,11-12H2,1-2H3/b20-13+. The van der Waals surface area contributed by atoms with Gasteiger partial charge in [-0.3, -0.25) is 4.79 Å². The van der Waals surface area contributed by atoms with E-state index in [2.05, 4.69) is 9.99 Å². The van der Waals surface area contributed by atoms with Crippen molar-refractivity contribution in [1.82, 2.24) is 0 Å². The zero-order chi connectivity index (χ0) is 18.9. The summed E-state index contributed by atoms with van der Waals surface area (Å²) in [6.45, 7) is 2.88. The van der Waals surface area contributed by atoms with Gasteiger partial charge in [-0.1, -0.05) is 29.1 Å². The Kier molecular flexibility index (Phi) is 7.37. The van der Waals surface area contributed by atoms with Crippen LogP contribution in [-0.4, -0.2) is 35.8 Å². The summed E-state index contributed by atoms with van der Waals surface area (Å²) in [5.41, 5.74) is 0.552. The summed E-state index contributed by atoms with van der Waals surface area (Å²) in [4.78, 5) is 29.3. The Labute approximate surface area is 155 Å². The number of benzene rings is 2. The first kappa shape index (κ1) is 19.7. The number of carbonyl (C=O) groups is 2. The minimum absolute atomic E-state index is 0.0515. The second-order valence-electron chi connectivity index (χ2n) is 5.23. The molecule has 0 saturated heterocycles. The van der Waals surface area contributed by atoms with Crippen LogP contribution in [0.15, 0.2) is 63.5 Å². The number of Topliss-reactive ketones (excluding diaryl/α,β-unsaturated/α-hetero) is 1. The van der Waals surface area contributed by atoms with E-state index in [4.69, 9.17) is 9.84 Å². The topological polar surface area (TPSA) is 85.2 Å². The van der Waals surface area contributed by atoms with E-state index < -0.39 is 5.97 Å². The number of nitrogens with zero attached hydrogens (tertiary/aromatic N) is 1. The number of aliphatic hydroxyl groups is 1. The van der Waals surface area contributed by atoms with E-state index in [1.807, 2.05) is 36.4 Å². The van der Waals surface area contributed by atoms with Gasteiger partial charge in [-0.05, 0) is 43.3 Å². The Morgan fingerprint density at radius 1 is 1.08 bits per heavy atom.